The van der Waals surface area contributed by atoms with Crippen LogP contribution in [0, 0.1) is 0 Å². The van der Waals surface area contributed by atoms with Gasteiger partial charge in [-0.25, -0.2) is 4.79 Å². The van der Waals surface area contributed by atoms with Gasteiger partial charge in [-0.05, 0) is 50.3 Å². The number of phenols is 1. The molecule has 0 spiro atoms. The molecule has 0 aromatic heterocycles. The predicted octanol–water partition coefficient (Wildman–Crippen LogP) is 4.11. The summed E-state index contributed by atoms with van der Waals surface area (Å²) in [7, 11) is 5.39. The summed E-state index contributed by atoms with van der Waals surface area (Å²) >= 11 is 3.03. The number of hydrogen-bond donors (Lipinski definition) is 9. The first-order chi connectivity index (χ1) is 33.8. The molecule has 1 aromatic rings. The number of carbonyl (C=O) groups excluding carboxylic acids is 6. The number of carboxylic acids is 2. The van der Waals surface area contributed by atoms with Gasteiger partial charge in [-0.2, -0.15) is 0 Å². The van der Waals surface area contributed by atoms with Gasteiger partial charge in [0, 0.05) is 32.4 Å². The molecule has 20 nitrogen and oxygen atoms in total. The van der Waals surface area contributed by atoms with E-state index in [1.807, 2.05) is 13.8 Å². The van der Waals surface area contributed by atoms with E-state index in [4.69, 9.17) is 36.7 Å². The zero-order valence-electron chi connectivity index (χ0n) is 41.9. The van der Waals surface area contributed by atoms with Crippen LogP contribution in [-0.4, -0.2) is 149 Å². The molecule has 2 radical (unpaired) electrons. The van der Waals surface area contributed by atoms with Gasteiger partial charge in [-0.3, -0.25) is 29.1 Å². The summed E-state index contributed by atoms with van der Waals surface area (Å²) in [5, 5.41) is 42.1. The quantitative estimate of drug-likeness (QED) is 0.0193. The molecule has 0 heterocycles. The van der Waals surface area contributed by atoms with E-state index >= 15 is 0 Å². The molecule has 0 saturated heterocycles. The summed E-state index contributed by atoms with van der Waals surface area (Å²) in [4.78, 5) is 91.3. The highest BCUT2D eigenvalue weighted by Crippen LogP contribution is 2.14. The van der Waals surface area contributed by atoms with Crippen LogP contribution in [0.3, 0.4) is 0 Å². The van der Waals surface area contributed by atoms with Crippen LogP contribution in [0.2, 0.25) is 0 Å². The van der Waals surface area contributed by atoms with Crippen molar-refractivity contribution in [1.29, 1.82) is 0 Å². The van der Waals surface area contributed by atoms with Crippen molar-refractivity contribution >= 4 is 68.2 Å². The SMILES string of the molecule is CC.CC=O.NS.[B]C(=O)C(Cc1ccc(O)cc1)NC(=O)COCCOCCNC(=O)COCCOCCNC(=O)CC[C@H](NC(=O)CCCCCCCCCCCCCCCCC(=O)O)C(=O)O. The smallest absolute Gasteiger partial charge is 0.326 e. The van der Waals surface area contributed by atoms with Gasteiger partial charge < -0.3 is 65.1 Å². The molecule has 0 aliphatic rings. The molecule has 1 unspecified atom stereocenters. The average molecular weight is 1010 g/mol. The number of hydrogen-bond acceptors (Lipinski definition) is 15. The third-order valence-electron chi connectivity index (χ3n) is 9.74. The minimum Gasteiger partial charge on any atom is -0.508 e. The highest BCUT2D eigenvalue weighted by Gasteiger charge is 2.21. The van der Waals surface area contributed by atoms with Crippen molar-refractivity contribution < 1.29 is 72.6 Å². The van der Waals surface area contributed by atoms with Crippen LogP contribution in [0.25, 0.3) is 0 Å². The van der Waals surface area contributed by atoms with Gasteiger partial charge in [-0.15, -0.1) is 12.8 Å². The second kappa shape index (κ2) is 52.2. The first-order valence-corrected chi connectivity index (χ1v) is 24.9. The molecule has 70 heavy (non-hydrogen) atoms. The van der Waals surface area contributed by atoms with Gasteiger partial charge in [0.05, 0.1) is 51.4 Å². The Balaban J connectivity index is -0.00000607. The lowest BCUT2D eigenvalue weighted by Gasteiger charge is -2.16. The first kappa shape index (κ1) is 69.7. The van der Waals surface area contributed by atoms with Crippen molar-refractivity contribution in [3.63, 3.8) is 0 Å². The molecular formula is C48H84BN5O15S. The lowest BCUT2D eigenvalue weighted by atomic mass is 9.90. The van der Waals surface area contributed by atoms with Crippen molar-refractivity contribution in [2.24, 2.45) is 5.14 Å². The van der Waals surface area contributed by atoms with E-state index in [9.17, 15) is 43.8 Å². The Labute approximate surface area is 422 Å². The molecule has 0 saturated carbocycles. The monoisotopic (exact) mass is 1010 g/mol. The molecule has 0 aliphatic carbocycles. The topological polar surface area (TPSA) is 308 Å². The number of aromatic hydroxyl groups is 1. The van der Waals surface area contributed by atoms with Crippen LogP contribution in [-0.2, 0) is 63.7 Å². The summed E-state index contributed by atoms with van der Waals surface area (Å²) < 4.78 is 21.3. The maximum absolute atomic E-state index is 12.3. The number of ether oxygens (including phenoxy) is 4. The number of benzene rings is 1. The highest BCUT2D eigenvalue weighted by molar-refractivity contribution is 7.77. The lowest BCUT2D eigenvalue weighted by Crippen LogP contribution is -2.44. The summed E-state index contributed by atoms with van der Waals surface area (Å²) in [5.41, 5.74) is 0.00668. The number of carbonyl (C=O) groups is 8. The second-order valence-corrected chi connectivity index (χ2v) is 15.5. The summed E-state index contributed by atoms with van der Waals surface area (Å²) in [6.45, 7) is 6.33. The lowest BCUT2D eigenvalue weighted by molar-refractivity contribution is -0.142. The highest BCUT2D eigenvalue weighted by atomic mass is 32.1. The normalized spacial score (nSPS) is 11.1. The predicted molar refractivity (Wildman–Crippen MR) is 270 cm³/mol. The maximum atomic E-state index is 12.3. The molecule has 2 atom stereocenters. The van der Waals surface area contributed by atoms with Gasteiger partial charge in [0.25, 0.3) is 0 Å². The third kappa shape index (κ3) is 48.4. The van der Waals surface area contributed by atoms with Crippen LogP contribution in [0.4, 0.5) is 0 Å². The molecule has 0 fully saturated rings. The van der Waals surface area contributed by atoms with Gasteiger partial charge >= 0.3 is 11.9 Å². The number of amides is 4. The molecule has 4 amide bonds. The van der Waals surface area contributed by atoms with Gasteiger partial charge in [0.2, 0.25) is 23.6 Å². The number of nitrogens with two attached hydrogens (primary N) is 1. The zero-order valence-corrected chi connectivity index (χ0v) is 42.8. The molecule has 22 heteroatoms. The minimum absolute atomic E-state index is 0.0382. The van der Waals surface area contributed by atoms with E-state index in [0.29, 0.717) is 12.0 Å². The van der Waals surface area contributed by atoms with Crippen LogP contribution in [0.5, 0.6) is 5.75 Å². The van der Waals surface area contributed by atoms with Crippen molar-refractivity contribution in [3.8, 4) is 5.75 Å². The van der Waals surface area contributed by atoms with Crippen molar-refractivity contribution in [1.82, 2.24) is 21.3 Å². The number of unbranched alkanes of at least 4 members (excludes halogenated alkanes) is 13. The fourth-order valence-electron chi connectivity index (χ4n) is 6.24. The molecule has 9 N–H and O–H groups in total. The Morgan fingerprint density at radius 2 is 0.986 bits per heavy atom. The fraction of sp³-hybridized carbons (Fsp3) is 0.708. The number of aliphatic carboxylic acids is 2. The van der Waals surface area contributed by atoms with E-state index in [0.717, 1.165) is 51.2 Å². The third-order valence-corrected chi connectivity index (χ3v) is 9.74. The standard InChI is InChI=1S/C44H71BN4O14.C2H4O.C2H6.H3NS/c45-43(57)37(31-34-17-19-35(50)20-18-34)49-41(54)33-63-30-28-61-26-24-47-40(53)32-62-29-27-60-25-23-46-38(51)22-21-36(44(58)59)48-39(52)15-13-11-9-7-5-3-1-2-4-6-8-10-12-14-16-42(55)56;1-2-3;2*1-2/h17-20,36-37,50H,1-16,21-33H2,(H,46,51)(H,47,53)(H,48,52)(H,49,54)(H,55,56)(H,58,59);2H,1H3;1-2H3;2H,1H2/t36-,37?;;;/m0.../s1. The van der Waals surface area contributed by atoms with Crippen LogP contribution in [0.1, 0.15) is 142 Å². The summed E-state index contributed by atoms with van der Waals surface area (Å²) in [5.74, 6) is -3.42. The first-order valence-electron chi connectivity index (χ1n) is 24.4. The van der Waals surface area contributed by atoms with Crippen molar-refractivity contribution in [3.05, 3.63) is 29.8 Å². The fourth-order valence-corrected chi connectivity index (χ4v) is 6.24. The average Bonchev–Trinajstić information content (AvgIpc) is 3.33. The molecular weight excluding hydrogens is 929 g/mol. The van der Waals surface area contributed by atoms with Crippen LogP contribution >= 0.6 is 12.8 Å². The van der Waals surface area contributed by atoms with Crippen LogP contribution < -0.4 is 26.4 Å². The summed E-state index contributed by atoms with van der Waals surface area (Å²) in [6, 6.07) is 4.10. The van der Waals surface area contributed by atoms with E-state index in [1.54, 1.807) is 12.1 Å². The van der Waals surface area contributed by atoms with E-state index in [1.165, 1.54) is 57.6 Å². The molecule has 1 aromatic carbocycles. The van der Waals surface area contributed by atoms with Crippen LogP contribution in [0.15, 0.2) is 24.3 Å². The molecule has 400 valence electrons. The number of rotatable bonds is 42. The van der Waals surface area contributed by atoms with Crippen molar-refractivity contribution in [2.75, 3.05) is 65.9 Å². The number of aldehydes is 1. The van der Waals surface area contributed by atoms with Crippen molar-refractivity contribution in [2.45, 2.75) is 155 Å². The summed E-state index contributed by atoms with van der Waals surface area (Å²) in [6.07, 6.45) is 16.3. The Morgan fingerprint density at radius 1 is 0.586 bits per heavy atom. The minimum atomic E-state index is -1.19. The number of nitrogens with one attached hydrogen (secondary N) is 4. The Hall–Kier alpha value is -4.61. The Bertz CT molecular complexity index is 1520. The van der Waals surface area contributed by atoms with Gasteiger partial charge in [0.15, 0.2) is 7.85 Å². The zero-order chi connectivity index (χ0) is 53.0. The molecule has 0 aliphatic heterocycles. The Kier molecular flexibility index (Phi) is 52.0. The van der Waals surface area contributed by atoms with Gasteiger partial charge in [0.1, 0.15) is 31.3 Å². The molecule has 0 bridgehead atoms. The number of phenolic OH excluding ortho intramolecular Hbond substituents is 1. The molecule has 1 rings (SSSR count). The maximum Gasteiger partial charge on any atom is 0.326 e. The van der Waals surface area contributed by atoms with Gasteiger partial charge in [-0.1, -0.05) is 103 Å². The van der Waals surface area contributed by atoms with E-state index in [-0.39, 0.29) is 122 Å². The second-order valence-electron chi connectivity index (χ2n) is 15.5. The number of thiol groups is 1. The number of carboxylic acid groups (broad SMARTS) is 2. The van der Waals surface area contributed by atoms with E-state index in [2.05, 4.69) is 39.2 Å². The van der Waals surface area contributed by atoms with E-state index < -0.39 is 35.6 Å². The Morgan fingerprint density at radius 3 is 1.43 bits per heavy atom. The largest absolute Gasteiger partial charge is 0.508 e.